The summed E-state index contributed by atoms with van der Waals surface area (Å²) in [5.74, 6) is 0.234. The lowest BCUT2D eigenvalue weighted by Crippen LogP contribution is -2.21. The number of amides is 1. The van der Waals surface area contributed by atoms with Crippen LogP contribution < -0.4 is 14.8 Å². The predicted octanol–water partition coefficient (Wildman–Crippen LogP) is 3.89. The fraction of sp³-hybridized carbons (Fsp3) is 0.211. The number of carbonyl (C=O) groups excluding carboxylic acids is 1. The zero-order valence-electron chi connectivity index (χ0n) is 13.8. The summed E-state index contributed by atoms with van der Waals surface area (Å²) < 4.78 is 24.0. The van der Waals surface area contributed by atoms with E-state index in [1.165, 1.54) is 19.2 Å². The lowest BCUT2D eigenvalue weighted by Gasteiger charge is -2.13. The van der Waals surface area contributed by atoms with Crippen molar-refractivity contribution >= 4 is 11.6 Å². The van der Waals surface area contributed by atoms with Gasteiger partial charge in [0.2, 0.25) is 0 Å². The topological polar surface area (TPSA) is 47.6 Å². The van der Waals surface area contributed by atoms with Crippen molar-refractivity contribution in [3.63, 3.8) is 0 Å². The zero-order valence-corrected chi connectivity index (χ0v) is 13.8. The largest absolute Gasteiger partial charge is 0.493 e. The molecule has 0 aromatic heterocycles. The Kier molecular flexibility index (Phi) is 5.95. The van der Waals surface area contributed by atoms with Gasteiger partial charge in [0.05, 0.1) is 7.11 Å². The molecule has 5 heteroatoms. The fourth-order valence-corrected chi connectivity index (χ4v) is 2.18. The highest BCUT2D eigenvalue weighted by Crippen LogP contribution is 2.28. The summed E-state index contributed by atoms with van der Waals surface area (Å²) in [7, 11) is 1.54. The van der Waals surface area contributed by atoms with E-state index in [1.54, 1.807) is 25.1 Å². The van der Waals surface area contributed by atoms with Crippen LogP contribution in [0.5, 0.6) is 11.5 Å². The minimum absolute atomic E-state index is 0.201. The highest BCUT2D eigenvalue weighted by Gasteiger charge is 2.10. The highest BCUT2D eigenvalue weighted by atomic mass is 19.1. The molecule has 0 heterocycles. The maximum Gasteiger partial charge on any atom is 0.262 e. The Hall–Kier alpha value is -2.82. The molecule has 0 bridgehead atoms. The summed E-state index contributed by atoms with van der Waals surface area (Å²) >= 11 is 0. The van der Waals surface area contributed by atoms with E-state index in [2.05, 4.69) is 11.9 Å². The Labute approximate surface area is 140 Å². The van der Waals surface area contributed by atoms with Gasteiger partial charge in [0.25, 0.3) is 5.91 Å². The number of rotatable bonds is 7. The van der Waals surface area contributed by atoms with E-state index >= 15 is 0 Å². The second-order valence-electron chi connectivity index (χ2n) is 5.27. The number of halogens is 1. The summed E-state index contributed by atoms with van der Waals surface area (Å²) in [4.78, 5) is 12.0. The van der Waals surface area contributed by atoms with Gasteiger partial charge in [-0.15, -0.1) is 6.58 Å². The van der Waals surface area contributed by atoms with Crippen molar-refractivity contribution in [2.24, 2.45) is 0 Å². The molecular formula is C19H20FNO3. The highest BCUT2D eigenvalue weighted by molar-refractivity contribution is 5.92. The van der Waals surface area contributed by atoms with Crippen molar-refractivity contribution < 1.29 is 18.7 Å². The Morgan fingerprint density at radius 2 is 2.04 bits per heavy atom. The van der Waals surface area contributed by atoms with Gasteiger partial charge in [-0.1, -0.05) is 18.2 Å². The lowest BCUT2D eigenvalue weighted by atomic mass is 10.1. The van der Waals surface area contributed by atoms with Crippen LogP contribution in [0.1, 0.15) is 11.1 Å². The van der Waals surface area contributed by atoms with E-state index in [0.29, 0.717) is 17.2 Å². The van der Waals surface area contributed by atoms with E-state index in [9.17, 15) is 9.18 Å². The van der Waals surface area contributed by atoms with Crippen LogP contribution in [0.2, 0.25) is 0 Å². The Morgan fingerprint density at radius 1 is 1.25 bits per heavy atom. The average molecular weight is 329 g/mol. The molecule has 0 unspecified atom stereocenters. The molecule has 0 fully saturated rings. The summed E-state index contributed by atoms with van der Waals surface area (Å²) in [5, 5.41) is 2.63. The van der Waals surface area contributed by atoms with Crippen LogP contribution in [0.4, 0.5) is 10.1 Å². The maximum absolute atomic E-state index is 13.2. The van der Waals surface area contributed by atoms with Gasteiger partial charge >= 0.3 is 0 Å². The molecule has 0 spiro atoms. The molecule has 2 rings (SSSR count). The third-order valence-electron chi connectivity index (χ3n) is 3.44. The summed E-state index contributed by atoms with van der Waals surface area (Å²) in [6, 6.07) is 9.69. The van der Waals surface area contributed by atoms with Gasteiger partial charge in [-0.2, -0.15) is 0 Å². The number of ether oxygens (including phenoxy) is 2. The molecule has 126 valence electrons. The Balaban J connectivity index is 2.01. The molecule has 1 N–H and O–H groups in total. The van der Waals surface area contributed by atoms with Crippen molar-refractivity contribution in [1.82, 2.24) is 0 Å². The second kappa shape index (κ2) is 8.15. The molecule has 24 heavy (non-hydrogen) atoms. The minimum Gasteiger partial charge on any atom is -0.493 e. The van der Waals surface area contributed by atoms with E-state index < -0.39 is 5.82 Å². The molecule has 2 aromatic rings. The number of anilines is 1. The first-order valence-electron chi connectivity index (χ1n) is 7.50. The van der Waals surface area contributed by atoms with Crippen molar-refractivity contribution in [2.45, 2.75) is 13.3 Å². The van der Waals surface area contributed by atoms with Crippen molar-refractivity contribution in [3.8, 4) is 11.5 Å². The Morgan fingerprint density at radius 3 is 2.75 bits per heavy atom. The zero-order chi connectivity index (χ0) is 17.5. The maximum atomic E-state index is 13.2. The third-order valence-corrected chi connectivity index (χ3v) is 3.44. The first-order valence-corrected chi connectivity index (χ1v) is 7.50. The number of benzene rings is 2. The predicted molar refractivity (Wildman–Crippen MR) is 92.2 cm³/mol. The normalized spacial score (nSPS) is 10.1. The average Bonchev–Trinajstić information content (AvgIpc) is 2.57. The number of allylic oxidation sites excluding steroid dienone is 1. The first kappa shape index (κ1) is 17.5. The first-order chi connectivity index (χ1) is 11.5. The molecule has 2 aromatic carbocycles. The summed E-state index contributed by atoms with van der Waals surface area (Å²) in [5.41, 5.74) is 2.24. The minimum atomic E-state index is -0.406. The molecule has 0 aliphatic carbocycles. The molecule has 4 nitrogen and oxygen atoms in total. The van der Waals surface area contributed by atoms with Gasteiger partial charge in [-0.05, 0) is 48.7 Å². The van der Waals surface area contributed by atoms with Crippen LogP contribution in [0.3, 0.4) is 0 Å². The quantitative estimate of drug-likeness (QED) is 0.784. The molecule has 1 amide bonds. The smallest absolute Gasteiger partial charge is 0.262 e. The van der Waals surface area contributed by atoms with E-state index in [1.807, 2.05) is 12.1 Å². The molecule has 0 saturated carbocycles. The van der Waals surface area contributed by atoms with Crippen molar-refractivity contribution in [2.75, 3.05) is 19.0 Å². The van der Waals surface area contributed by atoms with Gasteiger partial charge in [-0.3, -0.25) is 4.79 Å². The SMILES string of the molecule is C=CCc1ccc(OCC(=O)Nc2cc(F)ccc2C)c(OC)c1. The monoisotopic (exact) mass is 329 g/mol. The number of hydrogen-bond acceptors (Lipinski definition) is 3. The van der Waals surface area contributed by atoms with Gasteiger partial charge in [-0.25, -0.2) is 4.39 Å². The van der Waals surface area contributed by atoms with E-state index in [4.69, 9.17) is 9.47 Å². The number of methoxy groups -OCH3 is 1. The van der Waals surface area contributed by atoms with Crippen LogP contribution in [-0.4, -0.2) is 19.6 Å². The molecule has 0 aliphatic rings. The van der Waals surface area contributed by atoms with Crippen LogP contribution >= 0.6 is 0 Å². The summed E-state index contributed by atoms with van der Waals surface area (Å²) in [6.07, 6.45) is 2.51. The van der Waals surface area contributed by atoms with Gasteiger partial charge in [0.15, 0.2) is 18.1 Å². The van der Waals surface area contributed by atoms with E-state index in [-0.39, 0.29) is 12.5 Å². The third kappa shape index (κ3) is 4.59. The van der Waals surface area contributed by atoms with Crippen LogP contribution in [0, 0.1) is 12.7 Å². The van der Waals surface area contributed by atoms with Gasteiger partial charge in [0, 0.05) is 5.69 Å². The van der Waals surface area contributed by atoms with E-state index in [0.717, 1.165) is 17.5 Å². The Bertz CT molecular complexity index is 743. The standard InChI is InChI=1S/C19H20FNO3/c1-4-5-14-7-9-17(18(10-14)23-3)24-12-19(22)21-16-11-15(20)8-6-13(16)2/h4,6-11H,1,5,12H2,2-3H3,(H,21,22). The van der Waals surface area contributed by atoms with Crippen LogP contribution in [-0.2, 0) is 11.2 Å². The molecule has 0 radical (unpaired) electrons. The summed E-state index contributed by atoms with van der Waals surface area (Å²) in [6.45, 7) is 5.28. The molecular weight excluding hydrogens is 309 g/mol. The number of carbonyl (C=O) groups is 1. The van der Waals surface area contributed by atoms with Crippen molar-refractivity contribution in [3.05, 3.63) is 66.0 Å². The lowest BCUT2D eigenvalue weighted by molar-refractivity contribution is -0.118. The fourth-order valence-electron chi connectivity index (χ4n) is 2.18. The van der Waals surface area contributed by atoms with Crippen molar-refractivity contribution in [1.29, 1.82) is 0 Å². The molecule has 0 atom stereocenters. The number of aryl methyl sites for hydroxylation is 1. The number of hydrogen-bond donors (Lipinski definition) is 1. The van der Waals surface area contributed by atoms with Crippen LogP contribution in [0.25, 0.3) is 0 Å². The molecule has 0 aliphatic heterocycles. The van der Waals surface area contributed by atoms with Crippen LogP contribution in [0.15, 0.2) is 49.1 Å². The van der Waals surface area contributed by atoms with Gasteiger partial charge < -0.3 is 14.8 Å². The van der Waals surface area contributed by atoms with Gasteiger partial charge in [0.1, 0.15) is 5.82 Å². The second-order valence-corrected chi connectivity index (χ2v) is 5.27. The molecule has 0 saturated heterocycles. The number of nitrogens with one attached hydrogen (secondary N) is 1.